The summed E-state index contributed by atoms with van der Waals surface area (Å²) in [5, 5.41) is 6.56. The minimum Gasteiger partial charge on any atom is -0.496 e. The molecule has 2 atom stereocenters. The summed E-state index contributed by atoms with van der Waals surface area (Å²) in [6.45, 7) is 2.30. The van der Waals surface area contributed by atoms with Crippen LogP contribution in [0.1, 0.15) is 30.0 Å². The molecule has 0 bridgehead atoms. The summed E-state index contributed by atoms with van der Waals surface area (Å²) in [5.74, 6) is 0.909. The SMILES string of the molecule is COc1ccccc1CNC1CCCN(CNC=O)C1c1ccccc1. The van der Waals surface area contributed by atoms with Gasteiger partial charge in [0.15, 0.2) is 0 Å². The molecule has 5 nitrogen and oxygen atoms in total. The van der Waals surface area contributed by atoms with E-state index in [-0.39, 0.29) is 6.04 Å². The van der Waals surface area contributed by atoms with Gasteiger partial charge in [-0.3, -0.25) is 9.69 Å². The Bertz CT molecular complexity index is 693. The summed E-state index contributed by atoms with van der Waals surface area (Å²) < 4.78 is 5.47. The van der Waals surface area contributed by atoms with E-state index in [0.29, 0.717) is 12.7 Å². The van der Waals surface area contributed by atoms with Gasteiger partial charge >= 0.3 is 0 Å². The molecule has 1 aliphatic rings. The number of piperidine rings is 1. The third-order valence-corrected chi connectivity index (χ3v) is 5.00. The topological polar surface area (TPSA) is 53.6 Å². The van der Waals surface area contributed by atoms with E-state index < -0.39 is 0 Å². The summed E-state index contributed by atoms with van der Waals surface area (Å²) in [5.41, 5.74) is 2.43. The largest absolute Gasteiger partial charge is 0.496 e. The Morgan fingerprint density at radius 1 is 1.15 bits per heavy atom. The molecule has 3 rings (SSSR count). The molecule has 2 unspecified atom stereocenters. The fourth-order valence-electron chi connectivity index (χ4n) is 3.79. The van der Waals surface area contributed by atoms with E-state index in [9.17, 15) is 4.79 Å². The number of methoxy groups -OCH3 is 1. The van der Waals surface area contributed by atoms with E-state index >= 15 is 0 Å². The number of carbonyl (C=O) groups is 1. The van der Waals surface area contributed by atoms with Gasteiger partial charge in [0.25, 0.3) is 0 Å². The molecular weight excluding hydrogens is 326 g/mol. The second-order valence-electron chi connectivity index (χ2n) is 6.59. The lowest BCUT2D eigenvalue weighted by atomic mass is 9.90. The zero-order valence-corrected chi connectivity index (χ0v) is 15.2. The molecule has 138 valence electrons. The number of nitrogens with zero attached hydrogens (tertiary/aromatic N) is 1. The molecule has 1 fully saturated rings. The summed E-state index contributed by atoms with van der Waals surface area (Å²) in [7, 11) is 1.71. The molecule has 1 saturated heterocycles. The molecule has 1 heterocycles. The lowest BCUT2D eigenvalue weighted by Gasteiger charge is -2.42. The maximum atomic E-state index is 10.8. The molecular formula is C21H27N3O2. The predicted molar refractivity (Wildman–Crippen MR) is 103 cm³/mol. The summed E-state index contributed by atoms with van der Waals surface area (Å²) in [6, 6.07) is 19.2. The van der Waals surface area contributed by atoms with Crippen molar-refractivity contribution in [3.8, 4) is 5.75 Å². The van der Waals surface area contributed by atoms with Crippen LogP contribution in [0.25, 0.3) is 0 Å². The highest BCUT2D eigenvalue weighted by Crippen LogP contribution is 2.31. The second kappa shape index (κ2) is 9.36. The van der Waals surface area contributed by atoms with Crippen molar-refractivity contribution in [2.45, 2.75) is 31.5 Å². The van der Waals surface area contributed by atoms with Crippen molar-refractivity contribution < 1.29 is 9.53 Å². The summed E-state index contributed by atoms with van der Waals surface area (Å²) >= 11 is 0. The molecule has 1 aliphatic heterocycles. The standard InChI is InChI=1S/C21H27N3O2/c1-26-20-12-6-5-10-18(20)14-23-19-11-7-13-24(15-22-16-25)21(19)17-8-3-2-4-9-17/h2-6,8-10,12,16,19,21,23H,7,11,13-15H2,1H3,(H,22,25). The lowest BCUT2D eigenvalue weighted by molar-refractivity contribution is -0.110. The quantitative estimate of drug-likeness (QED) is 0.717. The van der Waals surface area contributed by atoms with E-state index in [0.717, 1.165) is 43.7 Å². The molecule has 5 heteroatoms. The number of hydrogen-bond donors (Lipinski definition) is 2. The number of para-hydroxylation sites is 1. The number of benzene rings is 2. The fraction of sp³-hybridized carbons (Fsp3) is 0.381. The van der Waals surface area contributed by atoms with Crippen molar-refractivity contribution in [3.63, 3.8) is 0 Å². The monoisotopic (exact) mass is 353 g/mol. The van der Waals surface area contributed by atoms with Crippen LogP contribution in [0.15, 0.2) is 54.6 Å². The first-order valence-corrected chi connectivity index (χ1v) is 9.15. The highest BCUT2D eigenvalue weighted by atomic mass is 16.5. The zero-order valence-electron chi connectivity index (χ0n) is 15.2. The van der Waals surface area contributed by atoms with Crippen LogP contribution in [0.2, 0.25) is 0 Å². The Kier molecular flexibility index (Phi) is 6.63. The third kappa shape index (κ3) is 4.42. The minimum absolute atomic E-state index is 0.229. The van der Waals surface area contributed by atoms with Gasteiger partial charge in [-0.1, -0.05) is 48.5 Å². The Morgan fingerprint density at radius 2 is 1.92 bits per heavy atom. The van der Waals surface area contributed by atoms with E-state index in [1.807, 2.05) is 24.3 Å². The van der Waals surface area contributed by atoms with Gasteiger partial charge in [0.1, 0.15) is 5.75 Å². The van der Waals surface area contributed by atoms with Crippen molar-refractivity contribution >= 4 is 6.41 Å². The maximum Gasteiger partial charge on any atom is 0.208 e. The smallest absolute Gasteiger partial charge is 0.208 e. The average Bonchev–Trinajstić information content (AvgIpc) is 2.71. The molecule has 0 saturated carbocycles. The maximum absolute atomic E-state index is 10.8. The van der Waals surface area contributed by atoms with Crippen molar-refractivity contribution in [1.29, 1.82) is 0 Å². The van der Waals surface area contributed by atoms with Gasteiger partial charge in [-0.05, 0) is 24.5 Å². The summed E-state index contributed by atoms with van der Waals surface area (Å²) in [6.07, 6.45) is 2.98. The van der Waals surface area contributed by atoms with Crippen LogP contribution in [-0.2, 0) is 11.3 Å². The van der Waals surface area contributed by atoms with Crippen LogP contribution >= 0.6 is 0 Å². The normalized spacial score (nSPS) is 20.5. The first-order valence-electron chi connectivity index (χ1n) is 9.15. The number of nitrogens with one attached hydrogen (secondary N) is 2. The number of ether oxygens (including phenoxy) is 1. The van der Waals surface area contributed by atoms with E-state index in [1.165, 1.54) is 5.56 Å². The molecule has 26 heavy (non-hydrogen) atoms. The fourth-order valence-corrected chi connectivity index (χ4v) is 3.79. The predicted octanol–water partition coefficient (Wildman–Crippen LogP) is 2.69. The van der Waals surface area contributed by atoms with Crippen molar-refractivity contribution in [2.24, 2.45) is 0 Å². The second-order valence-corrected chi connectivity index (χ2v) is 6.59. The van der Waals surface area contributed by atoms with Gasteiger partial charge in [-0.25, -0.2) is 0 Å². The first kappa shape index (κ1) is 18.4. The van der Waals surface area contributed by atoms with Crippen LogP contribution in [0.4, 0.5) is 0 Å². The van der Waals surface area contributed by atoms with Crippen LogP contribution in [0.3, 0.4) is 0 Å². The Balaban J connectivity index is 1.77. The van der Waals surface area contributed by atoms with Gasteiger partial charge in [-0.2, -0.15) is 0 Å². The minimum atomic E-state index is 0.229. The highest BCUT2D eigenvalue weighted by Gasteiger charge is 2.32. The van der Waals surface area contributed by atoms with Crippen LogP contribution in [-0.4, -0.2) is 37.7 Å². The third-order valence-electron chi connectivity index (χ3n) is 5.00. The van der Waals surface area contributed by atoms with Gasteiger partial charge in [-0.15, -0.1) is 0 Å². The summed E-state index contributed by atoms with van der Waals surface area (Å²) in [4.78, 5) is 13.1. The van der Waals surface area contributed by atoms with Crippen LogP contribution in [0.5, 0.6) is 5.75 Å². The van der Waals surface area contributed by atoms with E-state index in [1.54, 1.807) is 7.11 Å². The molecule has 0 aromatic heterocycles. The average molecular weight is 353 g/mol. The number of likely N-dealkylation sites (tertiary alicyclic amines) is 1. The van der Waals surface area contributed by atoms with Crippen LogP contribution in [0, 0.1) is 0 Å². The van der Waals surface area contributed by atoms with Crippen LogP contribution < -0.4 is 15.4 Å². The van der Waals surface area contributed by atoms with Crippen molar-refractivity contribution in [2.75, 3.05) is 20.3 Å². The number of carbonyl (C=O) groups excluding carboxylic acids is 1. The van der Waals surface area contributed by atoms with E-state index in [2.05, 4.69) is 45.9 Å². The number of amides is 1. The van der Waals surface area contributed by atoms with Gasteiger partial charge in [0.2, 0.25) is 6.41 Å². The van der Waals surface area contributed by atoms with E-state index in [4.69, 9.17) is 4.74 Å². The zero-order chi connectivity index (χ0) is 18.2. The molecule has 1 amide bonds. The van der Waals surface area contributed by atoms with Gasteiger partial charge in [0, 0.05) is 24.7 Å². The number of rotatable bonds is 8. The number of hydrogen-bond acceptors (Lipinski definition) is 4. The molecule has 0 radical (unpaired) electrons. The first-order chi connectivity index (χ1) is 12.8. The lowest BCUT2D eigenvalue weighted by Crippen LogP contribution is -2.50. The molecule has 2 aromatic rings. The highest BCUT2D eigenvalue weighted by molar-refractivity contribution is 5.45. The molecule has 0 aliphatic carbocycles. The van der Waals surface area contributed by atoms with Gasteiger partial charge in [0.05, 0.1) is 19.8 Å². The van der Waals surface area contributed by atoms with Crippen molar-refractivity contribution in [3.05, 3.63) is 65.7 Å². The Morgan fingerprint density at radius 3 is 2.69 bits per heavy atom. The molecule has 0 spiro atoms. The molecule has 2 aromatic carbocycles. The Labute approximate surface area is 155 Å². The Hall–Kier alpha value is -2.37. The van der Waals surface area contributed by atoms with Gasteiger partial charge < -0.3 is 15.4 Å². The molecule has 2 N–H and O–H groups in total. The van der Waals surface area contributed by atoms with Crippen molar-refractivity contribution in [1.82, 2.24) is 15.5 Å².